The molecule has 1 heterocycles. The molecule has 210 valence electrons. The van der Waals surface area contributed by atoms with Gasteiger partial charge in [-0.2, -0.15) is 0 Å². The van der Waals surface area contributed by atoms with Gasteiger partial charge in [0.15, 0.2) is 0 Å². The summed E-state index contributed by atoms with van der Waals surface area (Å²) in [4.78, 5) is 0. The molecule has 0 radical (unpaired) electrons. The van der Waals surface area contributed by atoms with Crippen LogP contribution in [0.3, 0.4) is 0 Å². The van der Waals surface area contributed by atoms with Gasteiger partial charge in [-0.15, -0.1) is 0 Å². The Balaban J connectivity index is 1.24. The predicted octanol–water partition coefficient (Wildman–Crippen LogP) is 10.9. The highest BCUT2D eigenvalue weighted by molar-refractivity contribution is 6.16. The average molecular weight is 573 g/mol. The maximum Gasteiger partial charge on any atom is 0.0726 e. The molecule has 0 aliphatic heterocycles. The van der Waals surface area contributed by atoms with Gasteiger partial charge >= 0.3 is 0 Å². The van der Waals surface area contributed by atoms with Gasteiger partial charge in [0, 0.05) is 33.4 Å². The number of nitrogens with one attached hydrogen (secondary N) is 1. The van der Waals surface area contributed by atoms with Gasteiger partial charge in [0.25, 0.3) is 0 Å². The monoisotopic (exact) mass is 572 g/mol. The summed E-state index contributed by atoms with van der Waals surface area (Å²) in [6.45, 7) is 0. The minimum atomic E-state index is -0.355. The predicted molar refractivity (Wildman–Crippen MR) is 187 cm³/mol. The smallest absolute Gasteiger partial charge is 0.0726 e. The van der Waals surface area contributed by atoms with E-state index in [1.807, 2.05) is 0 Å². The average Bonchev–Trinajstić information content (AvgIpc) is 3.72. The lowest BCUT2D eigenvalue weighted by Gasteiger charge is -2.30. The van der Waals surface area contributed by atoms with Crippen LogP contribution in [-0.4, -0.2) is 4.57 Å². The second-order valence-electron chi connectivity index (χ2n) is 12.1. The third-order valence-electron chi connectivity index (χ3n) is 10.0. The van der Waals surface area contributed by atoms with Crippen LogP contribution >= 0.6 is 0 Å². The fourth-order valence-corrected chi connectivity index (χ4v) is 8.37. The van der Waals surface area contributed by atoms with Crippen molar-refractivity contribution in [1.29, 1.82) is 0 Å². The van der Waals surface area contributed by atoms with Crippen molar-refractivity contribution >= 4 is 33.2 Å². The van der Waals surface area contributed by atoms with E-state index in [-0.39, 0.29) is 5.41 Å². The largest absolute Gasteiger partial charge is 0.354 e. The second-order valence-corrected chi connectivity index (χ2v) is 12.1. The lowest BCUT2D eigenvalue weighted by molar-refractivity contribution is 0.794. The fraction of sp³-hybridized carbons (Fsp3) is 0.0233. The van der Waals surface area contributed by atoms with Crippen LogP contribution in [0, 0.1) is 0 Å². The maximum absolute atomic E-state index is 3.99. The van der Waals surface area contributed by atoms with Crippen LogP contribution in [0.15, 0.2) is 164 Å². The minimum Gasteiger partial charge on any atom is -0.354 e. The molecule has 1 aromatic heterocycles. The fourth-order valence-electron chi connectivity index (χ4n) is 8.37. The van der Waals surface area contributed by atoms with Crippen LogP contribution in [0.1, 0.15) is 22.3 Å². The normalized spacial score (nSPS) is 13.5. The van der Waals surface area contributed by atoms with Gasteiger partial charge in [0.05, 0.1) is 16.4 Å². The maximum atomic E-state index is 3.99. The van der Waals surface area contributed by atoms with E-state index in [1.165, 1.54) is 66.3 Å². The Hall–Kier alpha value is -5.86. The molecule has 0 unspecified atom stereocenters. The Labute approximate surface area is 261 Å². The van der Waals surface area contributed by atoms with E-state index in [2.05, 4.69) is 174 Å². The molecule has 0 amide bonds. The molecule has 0 saturated carbocycles. The number of benzene rings is 7. The molecule has 1 spiro atoms. The highest BCUT2D eigenvalue weighted by Gasteiger charge is 2.51. The molecule has 0 fully saturated rings. The molecule has 45 heavy (non-hydrogen) atoms. The minimum absolute atomic E-state index is 0.355. The summed E-state index contributed by atoms with van der Waals surface area (Å²) in [6, 6.07) is 59.8. The number of hydrogen-bond donors (Lipinski definition) is 1. The van der Waals surface area contributed by atoms with Crippen LogP contribution in [0.4, 0.5) is 11.4 Å². The third-order valence-corrected chi connectivity index (χ3v) is 10.0. The number of anilines is 2. The zero-order chi connectivity index (χ0) is 29.5. The molecule has 0 atom stereocenters. The summed E-state index contributed by atoms with van der Waals surface area (Å²) in [5.41, 5.74) is 16.1. The van der Waals surface area contributed by atoms with Crippen LogP contribution in [0.25, 0.3) is 49.7 Å². The molecule has 2 heteroatoms. The highest BCUT2D eigenvalue weighted by atomic mass is 15.0. The van der Waals surface area contributed by atoms with Crippen molar-refractivity contribution in [3.8, 4) is 27.9 Å². The number of nitrogens with zero attached hydrogens (tertiary/aromatic N) is 1. The van der Waals surface area contributed by atoms with E-state index < -0.39 is 0 Å². The van der Waals surface area contributed by atoms with Gasteiger partial charge in [-0.05, 0) is 75.3 Å². The van der Waals surface area contributed by atoms with Crippen molar-refractivity contribution < 1.29 is 0 Å². The van der Waals surface area contributed by atoms with E-state index in [4.69, 9.17) is 0 Å². The van der Waals surface area contributed by atoms with Gasteiger partial charge in [-0.3, -0.25) is 0 Å². The Kier molecular flexibility index (Phi) is 4.95. The summed E-state index contributed by atoms with van der Waals surface area (Å²) in [7, 11) is 0. The standard InChI is InChI=1S/C43H28N2/c1-2-14-28(15-3-1)45-39-26-11-7-19-32(39)42-38(25-13-27-40(42)45)44-37-24-12-23-36-41(37)31-18-6-10-22-35(31)43(36)33-20-8-4-16-29(33)30-17-5-9-21-34(30)43/h1-27,44H. The first kappa shape index (κ1) is 24.6. The quantitative estimate of drug-likeness (QED) is 0.223. The van der Waals surface area contributed by atoms with Crippen LogP contribution in [-0.2, 0) is 5.41 Å². The van der Waals surface area contributed by atoms with Gasteiger partial charge in [0.1, 0.15) is 0 Å². The summed E-state index contributed by atoms with van der Waals surface area (Å²) >= 11 is 0. The molecule has 10 rings (SSSR count). The highest BCUT2D eigenvalue weighted by Crippen LogP contribution is 2.63. The van der Waals surface area contributed by atoms with E-state index >= 15 is 0 Å². The molecule has 2 aliphatic carbocycles. The molecule has 0 bridgehead atoms. The van der Waals surface area contributed by atoms with Crippen molar-refractivity contribution in [1.82, 2.24) is 4.57 Å². The van der Waals surface area contributed by atoms with E-state index in [9.17, 15) is 0 Å². The number of para-hydroxylation sites is 2. The summed E-state index contributed by atoms with van der Waals surface area (Å²) in [5.74, 6) is 0. The molecule has 2 aliphatic rings. The van der Waals surface area contributed by atoms with Crippen LogP contribution < -0.4 is 5.32 Å². The number of fused-ring (bicyclic) bond motifs is 13. The molecule has 8 aromatic rings. The topological polar surface area (TPSA) is 17.0 Å². The Morgan fingerprint density at radius 2 is 0.933 bits per heavy atom. The van der Waals surface area contributed by atoms with Gasteiger partial charge in [-0.1, -0.05) is 127 Å². The van der Waals surface area contributed by atoms with Crippen molar-refractivity contribution in [2.45, 2.75) is 5.41 Å². The van der Waals surface area contributed by atoms with E-state index in [1.54, 1.807) is 0 Å². The Bertz CT molecular complexity index is 2420. The van der Waals surface area contributed by atoms with Gasteiger partial charge in [0.2, 0.25) is 0 Å². The van der Waals surface area contributed by atoms with E-state index in [0.717, 1.165) is 17.1 Å². The SMILES string of the molecule is c1ccc(-n2c3ccccc3c3c(Nc4cccc5c4-c4ccccc4C54c5ccccc5-c5ccccc54)cccc32)cc1. The van der Waals surface area contributed by atoms with Crippen molar-refractivity contribution in [3.05, 3.63) is 186 Å². The summed E-state index contributed by atoms with van der Waals surface area (Å²) in [5, 5.41) is 6.45. The Morgan fingerprint density at radius 1 is 0.400 bits per heavy atom. The number of aromatic nitrogens is 1. The zero-order valence-electron chi connectivity index (χ0n) is 24.5. The molecule has 7 aromatic carbocycles. The van der Waals surface area contributed by atoms with E-state index in [0.29, 0.717) is 0 Å². The summed E-state index contributed by atoms with van der Waals surface area (Å²) in [6.07, 6.45) is 0. The number of rotatable bonds is 3. The zero-order valence-corrected chi connectivity index (χ0v) is 24.5. The molecule has 0 saturated heterocycles. The third kappa shape index (κ3) is 3.13. The molecular weight excluding hydrogens is 544 g/mol. The number of hydrogen-bond acceptors (Lipinski definition) is 1. The van der Waals surface area contributed by atoms with Crippen molar-refractivity contribution in [2.24, 2.45) is 0 Å². The van der Waals surface area contributed by atoms with Crippen LogP contribution in [0.2, 0.25) is 0 Å². The van der Waals surface area contributed by atoms with Crippen molar-refractivity contribution in [3.63, 3.8) is 0 Å². The summed E-state index contributed by atoms with van der Waals surface area (Å²) < 4.78 is 2.38. The van der Waals surface area contributed by atoms with Crippen molar-refractivity contribution in [2.75, 3.05) is 5.32 Å². The second kappa shape index (κ2) is 9.07. The van der Waals surface area contributed by atoms with Gasteiger partial charge < -0.3 is 9.88 Å². The lowest BCUT2D eigenvalue weighted by Crippen LogP contribution is -2.25. The first-order chi connectivity index (χ1) is 22.4. The molecule has 1 N–H and O–H groups in total. The first-order valence-electron chi connectivity index (χ1n) is 15.6. The lowest BCUT2D eigenvalue weighted by atomic mass is 9.70. The molecule has 2 nitrogen and oxygen atoms in total. The molecular formula is C43H28N2. The van der Waals surface area contributed by atoms with Crippen LogP contribution in [0.5, 0.6) is 0 Å². The first-order valence-corrected chi connectivity index (χ1v) is 15.6. The Morgan fingerprint density at radius 3 is 1.69 bits per heavy atom. The van der Waals surface area contributed by atoms with Gasteiger partial charge in [-0.25, -0.2) is 0 Å².